The Balaban J connectivity index is 2.35. The second-order valence-corrected chi connectivity index (χ2v) is 6.01. The van der Waals surface area contributed by atoms with Crippen LogP contribution in [0.1, 0.15) is 59.8 Å². The van der Waals surface area contributed by atoms with Gasteiger partial charge in [0.2, 0.25) is 0 Å². The summed E-state index contributed by atoms with van der Waals surface area (Å²) in [4.78, 5) is 2.75. The van der Waals surface area contributed by atoms with Crippen LogP contribution in [0.4, 0.5) is 0 Å². The summed E-state index contributed by atoms with van der Waals surface area (Å²) in [6.45, 7) is 12.0. The predicted octanol–water partition coefficient (Wildman–Crippen LogP) is 3.93. The Morgan fingerprint density at radius 1 is 1.07 bits per heavy atom. The molecule has 90 valence electrons. The molecule has 0 spiro atoms. The van der Waals surface area contributed by atoms with Gasteiger partial charge in [-0.15, -0.1) is 0 Å². The van der Waals surface area contributed by atoms with Crippen LogP contribution < -0.4 is 0 Å². The van der Waals surface area contributed by atoms with Gasteiger partial charge in [-0.25, -0.2) is 0 Å². The van der Waals surface area contributed by atoms with E-state index < -0.39 is 0 Å². The molecule has 1 aliphatic heterocycles. The number of nitrogens with zero attached hydrogens (tertiary/aromatic N) is 1. The van der Waals surface area contributed by atoms with Gasteiger partial charge in [-0.05, 0) is 44.1 Å². The summed E-state index contributed by atoms with van der Waals surface area (Å²) in [5.41, 5.74) is 0. The summed E-state index contributed by atoms with van der Waals surface area (Å²) in [7, 11) is 0. The van der Waals surface area contributed by atoms with Crippen molar-refractivity contribution in [3.05, 3.63) is 0 Å². The van der Waals surface area contributed by atoms with E-state index in [0.29, 0.717) is 0 Å². The highest BCUT2D eigenvalue weighted by atomic mass is 15.2. The van der Waals surface area contributed by atoms with Crippen molar-refractivity contribution < 1.29 is 0 Å². The first-order valence-corrected chi connectivity index (χ1v) is 6.83. The van der Waals surface area contributed by atoms with Gasteiger partial charge in [-0.3, -0.25) is 0 Å². The van der Waals surface area contributed by atoms with E-state index in [1.54, 1.807) is 0 Å². The second-order valence-electron chi connectivity index (χ2n) is 6.01. The average molecular weight is 211 g/mol. The Labute approximate surface area is 96.2 Å². The predicted molar refractivity (Wildman–Crippen MR) is 68.1 cm³/mol. The van der Waals surface area contributed by atoms with Crippen molar-refractivity contribution in [2.24, 2.45) is 11.8 Å². The lowest BCUT2D eigenvalue weighted by molar-refractivity contribution is 0.120. The molecule has 0 aromatic rings. The first kappa shape index (κ1) is 13.0. The van der Waals surface area contributed by atoms with Crippen molar-refractivity contribution in [1.82, 2.24) is 4.90 Å². The van der Waals surface area contributed by atoms with E-state index in [1.807, 2.05) is 0 Å². The van der Waals surface area contributed by atoms with Crippen LogP contribution in [0.15, 0.2) is 0 Å². The fraction of sp³-hybridized carbons (Fsp3) is 1.00. The van der Waals surface area contributed by atoms with Crippen LogP contribution in [0.3, 0.4) is 0 Å². The van der Waals surface area contributed by atoms with Gasteiger partial charge in [0.15, 0.2) is 0 Å². The van der Waals surface area contributed by atoms with Gasteiger partial charge in [0.05, 0.1) is 0 Å². The van der Waals surface area contributed by atoms with E-state index in [1.165, 1.54) is 45.2 Å². The quantitative estimate of drug-likeness (QED) is 0.666. The SMILES string of the molecule is CC(C)CCC1CCCCN1CC(C)C. The third kappa shape index (κ3) is 5.01. The molecule has 1 heterocycles. The average Bonchev–Trinajstić information content (AvgIpc) is 2.15. The highest BCUT2D eigenvalue weighted by Crippen LogP contribution is 2.23. The zero-order valence-corrected chi connectivity index (χ0v) is 11.1. The van der Waals surface area contributed by atoms with Gasteiger partial charge in [-0.2, -0.15) is 0 Å². The summed E-state index contributed by atoms with van der Waals surface area (Å²) < 4.78 is 0. The molecule has 0 bridgehead atoms. The number of likely N-dealkylation sites (tertiary alicyclic amines) is 1. The lowest BCUT2D eigenvalue weighted by atomic mass is 9.94. The maximum absolute atomic E-state index is 2.75. The van der Waals surface area contributed by atoms with Crippen molar-refractivity contribution in [2.45, 2.75) is 65.8 Å². The van der Waals surface area contributed by atoms with Crippen LogP contribution in [0.25, 0.3) is 0 Å². The van der Waals surface area contributed by atoms with Crippen molar-refractivity contribution >= 4 is 0 Å². The van der Waals surface area contributed by atoms with E-state index in [-0.39, 0.29) is 0 Å². The van der Waals surface area contributed by atoms with Gasteiger partial charge in [0, 0.05) is 12.6 Å². The van der Waals surface area contributed by atoms with E-state index in [0.717, 1.165) is 17.9 Å². The Hall–Kier alpha value is -0.0400. The molecule has 0 N–H and O–H groups in total. The largest absolute Gasteiger partial charge is 0.300 e. The molecule has 0 aromatic heterocycles. The first-order chi connectivity index (χ1) is 7.09. The highest BCUT2D eigenvalue weighted by molar-refractivity contribution is 4.77. The topological polar surface area (TPSA) is 3.24 Å². The lowest BCUT2D eigenvalue weighted by Crippen LogP contribution is -2.41. The minimum atomic E-state index is 0.824. The van der Waals surface area contributed by atoms with Crippen molar-refractivity contribution in [2.75, 3.05) is 13.1 Å². The first-order valence-electron chi connectivity index (χ1n) is 6.83. The molecule has 1 fully saturated rings. The highest BCUT2D eigenvalue weighted by Gasteiger charge is 2.22. The van der Waals surface area contributed by atoms with Gasteiger partial charge >= 0.3 is 0 Å². The summed E-state index contributed by atoms with van der Waals surface area (Å²) in [5.74, 6) is 1.69. The van der Waals surface area contributed by atoms with Gasteiger partial charge in [0.1, 0.15) is 0 Å². The third-order valence-electron chi connectivity index (χ3n) is 3.43. The molecule has 1 heteroatoms. The number of piperidine rings is 1. The van der Waals surface area contributed by atoms with Crippen molar-refractivity contribution in [1.29, 1.82) is 0 Å². The number of hydrogen-bond acceptors (Lipinski definition) is 1. The summed E-state index contributed by atoms with van der Waals surface area (Å²) in [5, 5.41) is 0. The third-order valence-corrected chi connectivity index (χ3v) is 3.43. The zero-order valence-electron chi connectivity index (χ0n) is 11.1. The summed E-state index contributed by atoms with van der Waals surface area (Å²) in [6, 6.07) is 0.892. The lowest BCUT2D eigenvalue weighted by Gasteiger charge is -2.37. The van der Waals surface area contributed by atoms with E-state index in [9.17, 15) is 0 Å². The molecule has 1 saturated heterocycles. The fourth-order valence-corrected chi connectivity index (χ4v) is 2.62. The molecular weight excluding hydrogens is 182 g/mol. The molecule has 1 rings (SSSR count). The van der Waals surface area contributed by atoms with Crippen LogP contribution in [-0.4, -0.2) is 24.0 Å². The Bertz CT molecular complexity index is 163. The molecule has 0 radical (unpaired) electrons. The number of rotatable bonds is 5. The molecule has 0 amide bonds. The maximum atomic E-state index is 2.75. The van der Waals surface area contributed by atoms with Gasteiger partial charge in [0.25, 0.3) is 0 Å². The Kier molecular flexibility index (Phi) is 5.66. The van der Waals surface area contributed by atoms with Gasteiger partial charge < -0.3 is 4.90 Å². The van der Waals surface area contributed by atoms with E-state index >= 15 is 0 Å². The van der Waals surface area contributed by atoms with Crippen LogP contribution in [0.2, 0.25) is 0 Å². The number of hydrogen-bond donors (Lipinski definition) is 0. The molecule has 1 nitrogen and oxygen atoms in total. The monoisotopic (exact) mass is 211 g/mol. The minimum Gasteiger partial charge on any atom is -0.300 e. The van der Waals surface area contributed by atoms with Crippen LogP contribution in [-0.2, 0) is 0 Å². The molecule has 0 aromatic carbocycles. The fourth-order valence-electron chi connectivity index (χ4n) is 2.62. The summed E-state index contributed by atoms with van der Waals surface area (Å²) >= 11 is 0. The van der Waals surface area contributed by atoms with E-state index in [2.05, 4.69) is 32.6 Å². The molecule has 15 heavy (non-hydrogen) atoms. The van der Waals surface area contributed by atoms with Gasteiger partial charge in [-0.1, -0.05) is 34.1 Å². The smallest absolute Gasteiger partial charge is 0.00954 e. The summed E-state index contributed by atoms with van der Waals surface area (Å²) in [6.07, 6.45) is 7.14. The second kappa shape index (κ2) is 6.52. The Morgan fingerprint density at radius 2 is 1.80 bits per heavy atom. The van der Waals surface area contributed by atoms with Crippen molar-refractivity contribution in [3.8, 4) is 0 Å². The van der Waals surface area contributed by atoms with Crippen LogP contribution in [0.5, 0.6) is 0 Å². The molecule has 1 aliphatic rings. The van der Waals surface area contributed by atoms with Crippen LogP contribution in [0, 0.1) is 11.8 Å². The molecule has 1 atom stereocenters. The molecule has 0 saturated carbocycles. The van der Waals surface area contributed by atoms with E-state index in [4.69, 9.17) is 0 Å². The minimum absolute atomic E-state index is 0.824. The van der Waals surface area contributed by atoms with Crippen molar-refractivity contribution in [3.63, 3.8) is 0 Å². The molecule has 1 unspecified atom stereocenters. The zero-order chi connectivity index (χ0) is 11.3. The molecule has 0 aliphatic carbocycles. The molecular formula is C14H29N. The standard InChI is InChI=1S/C14H29N/c1-12(2)8-9-14-7-5-6-10-15(14)11-13(3)4/h12-14H,5-11H2,1-4H3. The van der Waals surface area contributed by atoms with Crippen LogP contribution >= 0.6 is 0 Å². The maximum Gasteiger partial charge on any atom is 0.00954 e. The normalized spacial score (nSPS) is 24.0. The Morgan fingerprint density at radius 3 is 2.40 bits per heavy atom.